The molecule has 1 aliphatic heterocycles. The second kappa shape index (κ2) is 6.67. The average molecular weight is 313 g/mol. The zero-order chi connectivity index (χ0) is 15.4. The van der Waals surface area contributed by atoms with Crippen LogP contribution in [-0.2, 0) is 9.53 Å². The van der Waals surface area contributed by atoms with E-state index in [4.69, 9.17) is 16.3 Å². The summed E-state index contributed by atoms with van der Waals surface area (Å²) in [6, 6.07) is 4.84. The van der Waals surface area contributed by atoms with Gasteiger partial charge >= 0.3 is 12.0 Å². The molecule has 0 saturated heterocycles. The van der Waals surface area contributed by atoms with Crippen LogP contribution < -0.4 is 15.0 Å². The number of ether oxygens (including phenoxy) is 2. The summed E-state index contributed by atoms with van der Waals surface area (Å²) in [7, 11) is 1.31. The van der Waals surface area contributed by atoms with Gasteiger partial charge in [-0.3, -0.25) is 9.69 Å². The molecule has 1 aliphatic rings. The lowest BCUT2D eigenvalue weighted by molar-refractivity contribution is -0.140. The summed E-state index contributed by atoms with van der Waals surface area (Å²) in [6.45, 7) is 2.51. The van der Waals surface area contributed by atoms with Gasteiger partial charge in [0, 0.05) is 11.6 Å². The highest BCUT2D eigenvalue weighted by Gasteiger charge is 2.27. The maximum absolute atomic E-state index is 12.3. The number of anilines is 1. The third-order valence-electron chi connectivity index (χ3n) is 3.06. The predicted octanol–water partition coefficient (Wildman–Crippen LogP) is 2.20. The van der Waals surface area contributed by atoms with E-state index in [9.17, 15) is 9.59 Å². The van der Waals surface area contributed by atoms with E-state index < -0.39 is 0 Å². The monoisotopic (exact) mass is 312 g/mol. The van der Waals surface area contributed by atoms with Crippen LogP contribution in [0.4, 0.5) is 10.5 Å². The lowest BCUT2D eigenvalue weighted by Crippen LogP contribution is -2.47. The van der Waals surface area contributed by atoms with E-state index in [0.717, 1.165) is 0 Å². The number of hydrogen-bond acceptors (Lipinski definition) is 4. The highest BCUT2D eigenvalue weighted by Crippen LogP contribution is 2.35. The number of rotatable bonds is 3. The van der Waals surface area contributed by atoms with Crippen molar-refractivity contribution in [2.75, 3.05) is 25.1 Å². The van der Waals surface area contributed by atoms with Gasteiger partial charge in [0.25, 0.3) is 0 Å². The van der Waals surface area contributed by atoms with E-state index in [-0.39, 0.29) is 31.1 Å². The summed E-state index contributed by atoms with van der Waals surface area (Å²) in [5, 5.41) is 3.21. The molecule has 0 spiro atoms. The molecule has 0 fully saturated rings. The molecule has 1 aromatic rings. The minimum atomic E-state index is -0.367. The number of carbonyl (C=O) groups is 2. The van der Waals surface area contributed by atoms with Crippen molar-refractivity contribution in [2.24, 2.45) is 0 Å². The van der Waals surface area contributed by atoms with Crippen LogP contribution in [-0.4, -0.2) is 38.3 Å². The van der Waals surface area contributed by atoms with E-state index in [0.29, 0.717) is 23.0 Å². The van der Waals surface area contributed by atoms with Gasteiger partial charge in [-0.25, -0.2) is 4.79 Å². The van der Waals surface area contributed by atoms with Gasteiger partial charge in [-0.2, -0.15) is 0 Å². The van der Waals surface area contributed by atoms with Gasteiger partial charge in [-0.1, -0.05) is 11.6 Å². The van der Waals surface area contributed by atoms with Crippen LogP contribution in [0.2, 0.25) is 5.02 Å². The van der Waals surface area contributed by atoms with Crippen LogP contribution in [0, 0.1) is 0 Å². The molecule has 7 heteroatoms. The maximum atomic E-state index is 12.3. The first-order chi connectivity index (χ1) is 10.0. The number of benzene rings is 1. The van der Waals surface area contributed by atoms with Crippen LogP contribution >= 0.6 is 11.6 Å². The number of methoxy groups -OCH3 is 1. The molecule has 0 saturated carbocycles. The average Bonchev–Trinajstić information content (AvgIpc) is 2.46. The molecular weight excluding hydrogens is 296 g/mol. The second-order valence-electron chi connectivity index (χ2n) is 4.71. The van der Waals surface area contributed by atoms with Crippen molar-refractivity contribution in [1.82, 2.24) is 5.32 Å². The molecule has 6 nitrogen and oxygen atoms in total. The van der Waals surface area contributed by atoms with Crippen molar-refractivity contribution in [2.45, 2.75) is 19.4 Å². The predicted molar refractivity (Wildman–Crippen MR) is 78.9 cm³/mol. The zero-order valence-corrected chi connectivity index (χ0v) is 12.6. The van der Waals surface area contributed by atoms with Crippen LogP contribution in [0.25, 0.3) is 0 Å². The Kier molecular flexibility index (Phi) is 4.90. The van der Waals surface area contributed by atoms with Crippen LogP contribution in [0.5, 0.6) is 5.75 Å². The molecule has 1 N–H and O–H groups in total. The van der Waals surface area contributed by atoms with Crippen molar-refractivity contribution in [3.05, 3.63) is 23.2 Å². The van der Waals surface area contributed by atoms with E-state index in [1.54, 1.807) is 23.1 Å². The Morgan fingerprint density at radius 1 is 1.52 bits per heavy atom. The molecule has 0 aromatic heterocycles. The quantitative estimate of drug-likeness (QED) is 0.869. The lowest BCUT2D eigenvalue weighted by Gasteiger charge is -2.33. The van der Waals surface area contributed by atoms with Gasteiger partial charge in [-0.15, -0.1) is 0 Å². The number of esters is 1. The van der Waals surface area contributed by atoms with Gasteiger partial charge in [-0.05, 0) is 25.1 Å². The fraction of sp³-hybridized carbons (Fsp3) is 0.429. The Bertz CT molecular complexity index is 550. The smallest absolute Gasteiger partial charge is 0.322 e. The van der Waals surface area contributed by atoms with Crippen molar-refractivity contribution in [3.8, 4) is 5.75 Å². The van der Waals surface area contributed by atoms with E-state index >= 15 is 0 Å². The third-order valence-corrected chi connectivity index (χ3v) is 3.29. The fourth-order valence-electron chi connectivity index (χ4n) is 2.07. The molecule has 0 aliphatic carbocycles. The number of urea groups is 1. The van der Waals surface area contributed by atoms with Gasteiger partial charge in [0.15, 0.2) is 0 Å². The van der Waals surface area contributed by atoms with Gasteiger partial charge in [0.2, 0.25) is 0 Å². The molecule has 0 radical (unpaired) electrons. The first kappa shape index (κ1) is 15.4. The number of hydrogen-bond donors (Lipinski definition) is 1. The lowest BCUT2D eigenvalue weighted by atomic mass is 10.2. The van der Waals surface area contributed by atoms with Gasteiger partial charge < -0.3 is 14.8 Å². The van der Waals surface area contributed by atoms with Crippen LogP contribution in [0.1, 0.15) is 13.3 Å². The number of nitrogens with one attached hydrogen (secondary N) is 1. The Hall–Kier alpha value is -1.95. The fourth-order valence-corrected chi connectivity index (χ4v) is 2.24. The third kappa shape index (κ3) is 3.78. The molecule has 1 aromatic carbocycles. The second-order valence-corrected chi connectivity index (χ2v) is 5.15. The minimum absolute atomic E-state index is 0.120. The Morgan fingerprint density at radius 3 is 3.00 bits per heavy atom. The van der Waals surface area contributed by atoms with Crippen molar-refractivity contribution in [1.29, 1.82) is 0 Å². The highest BCUT2D eigenvalue weighted by molar-refractivity contribution is 6.31. The highest BCUT2D eigenvalue weighted by atomic mass is 35.5. The summed E-state index contributed by atoms with van der Waals surface area (Å²) in [5.41, 5.74) is 0.621. The summed E-state index contributed by atoms with van der Waals surface area (Å²) in [4.78, 5) is 24.9. The number of amides is 2. The zero-order valence-electron chi connectivity index (χ0n) is 11.9. The van der Waals surface area contributed by atoms with E-state index in [2.05, 4.69) is 10.1 Å². The molecule has 2 rings (SSSR count). The summed E-state index contributed by atoms with van der Waals surface area (Å²) < 4.78 is 10.2. The van der Waals surface area contributed by atoms with Crippen molar-refractivity contribution < 1.29 is 19.1 Å². The first-order valence-electron chi connectivity index (χ1n) is 6.59. The summed E-state index contributed by atoms with van der Waals surface area (Å²) in [6.07, 6.45) is 0.00916. The number of nitrogens with zero attached hydrogens (tertiary/aromatic N) is 1. The van der Waals surface area contributed by atoms with Crippen molar-refractivity contribution in [3.63, 3.8) is 0 Å². The maximum Gasteiger partial charge on any atom is 0.322 e. The minimum Gasteiger partial charge on any atom is -0.487 e. The Balaban J connectivity index is 2.07. The SMILES string of the molecule is COC(=O)CCNC(=O)N1CC(C)Oc2ccc(Cl)cc21. The van der Waals surface area contributed by atoms with E-state index in [1.165, 1.54) is 7.11 Å². The summed E-state index contributed by atoms with van der Waals surface area (Å²) >= 11 is 5.97. The molecular formula is C14H17ClN2O4. The molecule has 114 valence electrons. The normalized spacial score (nSPS) is 16.7. The first-order valence-corrected chi connectivity index (χ1v) is 6.97. The molecule has 21 heavy (non-hydrogen) atoms. The van der Waals surface area contributed by atoms with E-state index in [1.807, 2.05) is 6.92 Å². The number of halogens is 1. The molecule has 0 bridgehead atoms. The Morgan fingerprint density at radius 2 is 2.29 bits per heavy atom. The number of carbonyl (C=O) groups excluding carboxylic acids is 2. The molecule has 1 heterocycles. The number of fused-ring (bicyclic) bond motifs is 1. The molecule has 2 amide bonds. The standard InChI is InChI=1S/C14H17ClN2O4/c1-9-8-17(14(19)16-6-5-13(18)20-2)11-7-10(15)3-4-12(11)21-9/h3-4,7,9H,5-6,8H2,1-2H3,(H,16,19). The van der Waals surface area contributed by atoms with Crippen LogP contribution in [0.15, 0.2) is 18.2 Å². The van der Waals surface area contributed by atoms with Gasteiger partial charge in [0.1, 0.15) is 11.9 Å². The van der Waals surface area contributed by atoms with Crippen LogP contribution in [0.3, 0.4) is 0 Å². The molecule has 1 unspecified atom stereocenters. The Labute approximate surface area is 128 Å². The largest absolute Gasteiger partial charge is 0.487 e. The van der Waals surface area contributed by atoms with Crippen molar-refractivity contribution >= 4 is 29.3 Å². The van der Waals surface area contributed by atoms with Gasteiger partial charge in [0.05, 0.1) is 25.8 Å². The molecule has 1 atom stereocenters. The summed E-state index contributed by atoms with van der Waals surface area (Å²) in [5.74, 6) is 0.246. The topological polar surface area (TPSA) is 67.9 Å².